The molecule has 0 unspecified atom stereocenters. The minimum Gasteiger partial charge on any atom is -0.461 e. The number of nitrogens with zero attached hydrogens (tertiary/aromatic N) is 2. The smallest absolute Gasteiger partial charge is 0.358 e. The summed E-state index contributed by atoms with van der Waals surface area (Å²) in [4.78, 5) is 11.7. The molecule has 1 heterocycles. The number of halogens is 3. The van der Waals surface area contributed by atoms with Gasteiger partial charge in [-0.2, -0.15) is 5.10 Å². The molecule has 0 bridgehead atoms. The van der Waals surface area contributed by atoms with Gasteiger partial charge >= 0.3 is 5.97 Å². The van der Waals surface area contributed by atoms with Crippen LogP contribution < -0.4 is 0 Å². The minimum atomic E-state index is -0.475. The number of hydrogen-bond donors (Lipinski definition) is 0. The van der Waals surface area contributed by atoms with Crippen LogP contribution in [0.2, 0.25) is 10.0 Å². The van der Waals surface area contributed by atoms with E-state index in [-0.39, 0.29) is 5.69 Å². The van der Waals surface area contributed by atoms with Crippen molar-refractivity contribution in [1.29, 1.82) is 0 Å². The number of ether oxygens (including phenoxy) is 1. The lowest BCUT2D eigenvalue weighted by atomic mass is 10.3. The third-order valence-corrected chi connectivity index (χ3v) is 3.74. The van der Waals surface area contributed by atoms with E-state index in [0.717, 1.165) is 5.69 Å². The van der Waals surface area contributed by atoms with Gasteiger partial charge in [0.25, 0.3) is 0 Å². The first-order valence-electron chi connectivity index (χ1n) is 5.84. The Morgan fingerprint density at radius 1 is 1.40 bits per heavy atom. The highest BCUT2D eigenvalue weighted by atomic mass is 79.9. The molecule has 0 aliphatic heterocycles. The Morgan fingerprint density at radius 2 is 2.05 bits per heavy atom. The lowest BCUT2D eigenvalue weighted by molar-refractivity contribution is 0.0519. The Hall–Kier alpha value is -1.04. The third kappa shape index (κ3) is 3.00. The first-order valence-corrected chi connectivity index (χ1v) is 7.72. The molecule has 0 aliphatic rings. The number of esters is 1. The summed E-state index contributed by atoms with van der Waals surface area (Å²) in [5, 5.41) is 5.65. The van der Waals surface area contributed by atoms with Gasteiger partial charge in [-0.05, 0) is 25.1 Å². The van der Waals surface area contributed by atoms with Crippen LogP contribution >= 0.6 is 39.1 Å². The van der Waals surface area contributed by atoms with Crippen LogP contribution in [-0.2, 0) is 10.1 Å². The monoisotopic (exact) mass is 376 g/mol. The molecule has 2 aromatic rings. The largest absolute Gasteiger partial charge is 0.461 e. The molecular formula is C13H11BrCl2N2O2. The highest BCUT2D eigenvalue weighted by molar-refractivity contribution is 9.08. The Labute approximate surface area is 134 Å². The summed E-state index contributed by atoms with van der Waals surface area (Å²) in [6.07, 6.45) is 0. The zero-order chi connectivity index (χ0) is 14.7. The Kier molecular flexibility index (Phi) is 5.07. The fourth-order valence-corrected chi connectivity index (χ4v) is 2.66. The Morgan fingerprint density at radius 3 is 2.60 bits per heavy atom. The lowest BCUT2D eigenvalue weighted by Gasteiger charge is -2.09. The second kappa shape index (κ2) is 6.61. The molecule has 0 spiro atoms. The summed E-state index contributed by atoms with van der Waals surface area (Å²) in [6, 6.07) is 6.82. The second-order valence-corrected chi connectivity index (χ2v) is 5.23. The number of benzene rings is 1. The first kappa shape index (κ1) is 15.4. The molecule has 1 aromatic heterocycles. The van der Waals surface area contributed by atoms with Gasteiger partial charge in [-0.1, -0.05) is 45.2 Å². The van der Waals surface area contributed by atoms with Crippen LogP contribution in [0.4, 0.5) is 0 Å². The van der Waals surface area contributed by atoms with Gasteiger partial charge in [0.05, 0.1) is 22.3 Å². The number of alkyl halides is 1. The topological polar surface area (TPSA) is 44.1 Å². The van der Waals surface area contributed by atoms with Crippen LogP contribution in [0, 0.1) is 0 Å². The van der Waals surface area contributed by atoms with E-state index in [1.807, 2.05) is 0 Å². The number of para-hydroxylation sites is 1. The van der Waals surface area contributed by atoms with Crippen LogP contribution in [0.15, 0.2) is 24.3 Å². The van der Waals surface area contributed by atoms with E-state index in [2.05, 4.69) is 21.0 Å². The SMILES string of the molecule is CCOC(=O)c1cc(CBr)n(-c2c(Cl)cccc2Cl)n1. The minimum absolute atomic E-state index is 0.220. The standard InChI is InChI=1S/C13H11BrCl2N2O2/c1-2-20-13(19)11-6-8(7-14)18(17-11)12-9(15)4-3-5-10(12)16/h3-6H,2,7H2,1H3. The van der Waals surface area contributed by atoms with Crippen LogP contribution in [0.25, 0.3) is 5.69 Å². The molecule has 0 amide bonds. The van der Waals surface area contributed by atoms with Crippen LogP contribution in [0.3, 0.4) is 0 Å². The first-order chi connectivity index (χ1) is 9.58. The zero-order valence-corrected chi connectivity index (χ0v) is 13.7. The number of hydrogen-bond acceptors (Lipinski definition) is 3. The van der Waals surface area contributed by atoms with Gasteiger partial charge in [-0.25, -0.2) is 9.48 Å². The van der Waals surface area contributed by atoms with E-state index in [4.69, 9.17) is 27.9 Å². The van der Waals surface area contributed by atoms with Crippen molar-refractivity contribution >= 4 is 45.1 Å². The number of aromatic nitrogens is 2. The van der Waals surface area contributed by atoms with Crippen molar-refractivity contribution in [2.45, 2.75) is 12.3 Å². The van der Waals surface area contributed by atoms with E-state index in [0.29, 0.717) is 27.7 Å². The molecule has 0 N–H and O–H groups in total. The summed E-state index contributed by atoms with van der Waals surface area (Å²) in [5.41, 5.74) is 1.51. The summed E-state index contributed by atoms with van der Waals surface area (Å²) >= 11 is 15.7. The maximum atomic E-state index is 11.7. The van der Waals surface area contributed by atoms with Crippen molar-refractivity contribution in [3.05, 3.63) is 45.7 Å². The molecule has 7 heteroatoms. The van der Waals surface area contributed by atoms with Crippen molar-refractivity contribution < 1.29 is 9.53 Å². The van der Waals surface area contributed by atoms with Crippen molar-refractivity contribution in [3.8, 4) is 5.69 Å². The van der Waals surface area contributed by atoms with E-state index in [9.17, 15) is 4.79 Å². The molecule has 0 saturated heterocycles. The molecule has 0 aliphatic carbocycles. The summed E-state index contributed by atoms with van der Waals surface area (Å²) < 4.78 is 6.49. The molecule has 4 nitrogen and oxygen atoms in total. The van der Waals surface area contributed by atoms with Gasteiger partial charge in [0.1, 0.15) is 5.69 Å². The second-order valence-electron chi connectivity index (χ2n) is 3.86. The van der Waals surface area contributed by atoms with E-state index in [1.54, 1.807) is 35.9 Å². The van der Waals surface area contributed by atoms with Crippen molar-refractivity contribution in [1.82, 2.24) is 9.78 Å². The van der Waals surface area contributed by atoms with Crippen LogP contribution in [0.5, 0.6) is 0 Å². The summed E-state index contributed by atoms with van der Waals surface area (Å²) in [6.45, 7) is 2.04. The quantitative estimate of drug-likeness (QED) is 0.590. The third-order valence-electron chi connectivity index (χ3n) is 2.55. The Bertz CT molecular complexity index is 623. The number of carbonyl (C=O) groups is 1. The van der Waals surface area contributed by atoms with Crippen LogP contribution in [0.1, 0.15) is 23.1 Å². The van der Waals surface area contributed by atoms with Gasteiger partial charge in [0, 0.05) is 5.33 Å². The molecule has 0 atom stereocenters. The zero-order valence-electron chi connectivity index (χ0n) is 10.6. The molecule has 106 valence electrons. The van der Waals surface area contributed by atoms with Gasteiger partial charge in [-0.15, -0.1) is 0 Å². The maximum Gasteiger partial charge on any atom is 0.358 e. The Balaban J connectivity index is 2.54. The summed E-state index contributed by atoms with van der Waals surface area (Å²) in [5.74, 6) is -0.475. The lowest BCUT2D eigenvalue weighted by Crippen LogP contribution is -2.07. The average Bonchev–Trinajstić information content (AvgIpc) is 2.83. The highest BCUT2D eigenvalue weighted by Crippen LogP contribution is 2.29. The molecule has 2 rings (SSSR count). The molecule has 20 heavy (non-hydrogen) atoms. The fourth-order valence-electron chi connectivity index (χ4n) is 1.70. The van der Waals surface area contributed by atoms with E-state index in [1.165, 1.54) is 0 Å². The normalized spacial score (nSPS) is 10.6. The van der Waals surface area contributed by atoms with Gasteiger partial charge in [-0.3, -0.25) is 0 Å². The van der Waals surface area contributed by atoms with Crippen LogP contribution in [-0.4, -0.2) is 22.4 Å². The van der Waals surface area contributed by atoms with E-state index < -0.39 is 5.97 Å². The predicted octanol–water partition coefficient (Wildman–Crippen LogP) is 4.25. The van der Waals surface area contributed by atoms with Gasteiger partial charge in [0.15, 0.2) is 5.69 Å². The molecular weight excluding hydrogens is 367 g/mol. The van der Waals surface area contributed by atoms with Crippen molar-refractivity contribution in [3.63, 3.8) is 0 Å². The fraction of sp³-hybridized carbons (Fsp3) is 0.231. The molecule has 1 aromatic carbocycles. The van der Waals surface area contributed by atoms with Gasteiger partial charge < -0.3 is 4.74 Å². The predicted molar refractivity (Wildman–Crippen MR) is 82.2 cm³/mol. The van der Waals surface area contributed by atoms with Crippen molar-refractivity contribution in [2.24, 2.45) is 0 Å². The molecule has 0 saturated carbocycles. The number of rotatable bonds is 4. The molecule has 0 fully saturated rings. The number of carbonyl (C=O) groups excluding carboxylic acids is 1. The average molecular weight is 378 g/mol. The highest BCUT2D eigenvalue weighted by Gasteiger charge is 2.18. The summed E-state index contributed by atoms with van der Waals surface area (Å²) in [7, 11) is 0. The molecule has 0 radical (unpaired) electrons. The van der Waals surface area contributed by atoms with Crippen molar-refractivity contribution in [2.75, 3.05) is 6.61 Å². The van der Waals surface area contributed by atoms with Gasteiger partial charge in [0.2, 0.25) is 0 Å². The maximum absolute atomic E-state index is 11.7. The van der Waals surface area contributed by atoms with E-state index >= 15 is 0 Å².